The first-order chi connectivity index (χ1) is 5.16. The molecule has 0 fully saturated rings. The normalized spacial score (nSPS) is 13.7. The number of hydrogen-bond acceptors (Lipinski definition) is 2. The molecule has 2 heteroatoms. The maximum Gasteiger partial charge on any atom is 0.0294 e. The fourth-order valence-electron chi connectivity index (χ4n) is 0.695. The summed E-state index contributed by atoms with van der Waals surface area (Å²) in [7, 11) is 0. The van der Waals surface area contributed by atoms with Crippen molar-refractivity contribution < 1.29 is 5.21 Å². The van der Waals surface area contributed by atoms with Gasteiger partial charge in [0.15, 0.2) is 0 Å². The minimum atomic E-state index is 0.171. The van der Waals surface area contributed by atoms with Crippen LogP contribution < -0.4 is 5.48 Å². The predicted octanol–water partition coefficient (Wildman–Crippen LogP) is 2.27. The zero-order chi connectivity index (χ0) is 8.69. The van der Waals surface area contributed by atoms with Gasteiger partial charge in [0, 0.05) is 6.04 Å². The summed E-state index contributed by atoms with van der Waals surface area (Å²) in [5.74, 6) is 0. The number of rotatable bonds is 5. The molecule has 0 spiro atoms. The van der Waals surface area contributed by atoms with Gasteiger partial charge in [-0.1, -0.05) is 24.3 Å². The van der Waals surface area contributed by atoms with Gasteiger partial charge in [-0.05, 0) is 26.7 Å². The maximum absolute atomic E-state index is 8.45. The van der Waals surface area contributed by atoms with Gasteiger partial charge in [0.1, 0.15) is 0 Å². The molecule has 0 aliphatic rings. The minimum Gasteiger partial charge on any atom is -0.317 e. The molecule has 0 radical (unpaired) electrons. The summed E-state index contributed by atoms with van der Waals surface area (Å²) < 4.78 is 0. The lowest BCUT2D eigenvalue weighted by Gasteiger charge is -2.04. The molecular weight excluding hydrogens is 138 g/mol. The van der Waals surface area contributed by atoms with Crippen molar-refractivity contribution >= 4 is 0 Å². The van der Waals surface area contributed by atoms with Gasteiger partial charge < -0.3 is 5.21 Å². The Hall–Kier alpha value is -0.600. The molecule has 0 rings (SSSR count). The van der Waals surface area contributed by atoms with Crippen molar-refractivity contribution in [2.45, 2.75) is 32.7 Å². The minimum absolute atomic E-state index is 0.171. The van der Waals surface area contributed by atoms with Gasteiger partial charge in [0.2, 0.25) is 0 Å². The molecule has 0 saturated heterocycles. The SMILES string of the molecule is C=C(C)/C=C\CCC(C)NO. The lowest BCUT2D eigenvalue weighted by atomic mass is 10.2. The van der Waals surface area contributed by atoms with Crippen molar-refractivity contribution in [3.63, 3.8) is 0 Å². The molecule has 0 amide bonds. The lowest BCUT2D eigenvalue weighted by molar-refractivity contribution is 0.129. The Bertz CT molecular complexity index is 140. The largest absolute Gasteiger partial charge is 0.317 e. The van der Waals surface area contributed by atoms with E-state index in [0.29, 0.717) is 0 Å². The molecule has 0 saturated carbocycles. The van der Waals surface area contributed by atoms with Crippen LogP contribution in [0.5, 0.6) is 0 Å². The van der Waals surface area contributed by atoms with Gasteiger partial charge in [-0.3, -0.25) is 0 Å². The van der Waals surface area contributed by atoms with E-state index in [4.69, 9.17) is 5.21 Å². The second kappa shape index (κ2) is 6.13. The Morgan fingerprint density at radius 2 is 2.36 bits per heavy atom. The van der Waals surface area contributed by atoms with Crippen LogP contribution in [-0.2, 0) is 0 Å². The number of hydrogen-bond donors (Lipinski definition) is 2. The van der Waals surface area contributed by atoms with Crippen LogP contribution in [0.15, 0.2) is 24.3 Å². The van der Waals surface area contributed by atoms with Crippen molar-refractivity contribution in [2.24, 2.45) is 0 Å². The summed E-state index contributed by atoms with van der Waals surface area (Å²) in [6.45, 7) is 7.64. The molecule has 1 unspecified atom stereocenters. The van der Waals surface area contributed by atoms with Crippen LogP contribution in [-0.4, -0.2) is 11.2 Å². The summed E-state index contributed by atoms with van der Waals surface area (Å²) in [5.41, 5.74) is 3.26. The van der Waals surface area contributed by atoms with Crippen molar-refractivity contribution in [1.29, 1.82) is 0 Å². The van der Waals surface area contributed by atoms with Crippen LogP contribution in [0.25, 0.3) is 0 Å². The zero-order valence-electron chi connectivity index (χ0n) is 7.30. The summed E-state index contributed by atoms with van der Waals surface area (Å²) in [6, 6.07) is 0.171. The van der Waals surface area contributed by atoms with E-state index in [0.717, 1.165) is 18.4 Å². The average Bonchev–Trinajstić information content (AvgIpc) is 1.97. The van der Waals surface area contributed by atoms with Crippen molar-refractivity contribution in [3.05, 3.63) is 24.3 Å². The first-order valence-corrected chi connectivity index (χ1v) is 3.88. The molecule has 0 aliphatic heterocycles. The molecule has 64 valence electrons. The van der Waals surface area contributed by atoms with Crippen molar-refractivity contribution in [2.75, 3.05) is 0 Å². The molecule has 0 aromatic heterocycles. The second-order valence-corrected chi connectivity index (χ2v) is 2.86. The van der Waals surface area contributed by atoms with Gasteiger partial charge in [-0.25, -0.2) is 5.48 Å². The summed E-state index contributed by atoms with van der Waals surface area (Å²) in [6.07, 6.45) is 5.97. The van der Waals surface area contributed by atoms with E-state index in [1.165, 1.54) is 0 Å². The monoisotopic (exact) mass is 155 g/mol. The third kappa shape index (κ3) is 7.30. The maximum atomic E-state index is 8.45. The van der Waals surface area contributed by atoms with Crippen LogP contribution in [0.4, 0.5) is 0 Å². The van der Waals surface area contributed by atoms with Crippen LogP contribution in [0.2, 0.25) is 0 Å². The lowest BCUT2D eigenvalue weighted by Crippen LogP contribution is -2.21. The molecule has 0 bridgehead atoms. The van der Waals surface area contributed by atoms with E-state index < -0.39 is 0 Å². The highest BCUT2D eigenvalue weighted by Crippen LogP contribution is 1.98. The standard InChI is InChI=1S/C9H17NO/c1-8(2)6-4-5-7-9(3)10-11/h4,6,9-11H,1,5,7H2,2-3H3/b6-4-. The Balaban J connectivity index is 3.33. The van der Waals surface area contributed by atoms with Gasteiger partial charge in [-0.15, -0.1) is 0 Å². The molecule has 0 aliphatic carbocycles. The molecule has 1 atom stereocenters. The van der Waals surface area contributed by atoms with E-state index in [2.05, 4.69) is 18.1 Å². The van der Waals surface area contributed by atoms with E-state index in [1.54, 1.807) is 0 Å². The number of allylic oxidation sites excluding steroid dienone is 3. The summed E-state index contributed by atoms with van der Waals surface area (Å²) in [5, 5.41) is 8.45. The highest BCUT2D eigenvalue weighted by Gasteiger charge is 1.94. The quantitative estimate of drug-likeness (QED) is 0.471. The second-order valence-electron chi connectivity index (χ2n) is 2.86. The van der Waals surface area contributed by atoms with Crippen LogP contribution in [0.1, 0.15) is 26.7 Å². The van der Waals surface area contributed by atoms with Crippen molar-refractivity contribution in [1.82, 2.24) is 5.48 Å². The van der Waals surface area contributed by atoms with Gasteiger partial charge in [0.05, 0.1) is 0 Å². The van der Waals surface area contributed by atoms with Crippen LogP contribution in [0.3, 0.4) is 0 Å². The van der Waals surface area contributed by atoms with Crippen LogP contribution in [0, 0.1) is 0 Å². The summed E-state index contributed by atoms with van der Waals surface area (Å²) in [4.78, 5) is 0. The third-order valence-electron chi connectivity index (χ3n) is 1.39. The summed E-state index contributed by atoms with van der Waals surface area (Å²) >= 11 is 0. The number of hydroxylamine groups is 1. The Morgan fingerprint density at radius 1 is 1.73 bits per heavy atom. The van der Waals surface area contributed by atoms with Gasteiger partial charge in [-0.2, -0.15) is 0 Å². The Labute approximate surface area is 68.6 Å². The zero-order valence-corrected chi connectivity index (χ0v) is 7.30. The Morgan fingerprint density at radius 3 is 2.82 bits per heavy atom. The molecule has 0 aromatic carbocycles. The van der Waals surface area contributed by atoms with Gasteiger partial charge in [0.25, 0.3) is 0 Å². The Kier molecular flexibility index (Phi) is 5.80. The fourth-order valence-corrected chi connectivity index (χ4v) is 0.695. The van der Waals surface area contributed by atoms with E-state index in [1.807, 2.05) is 19.9 Å². The average molecular weight is 155 g/mol. The number of nitrogens with one attached hydrogen (secondary N) is 1. The van der Waals surface area contributed by atoms with Crippen molar-refractivity contribution in [3.8, 4) is 0 Å². The molecular formula is C9H17NO. The molecule has 11 heavy (non-hydrogen) atoms. The first-order valence-electron chi connectivity index (χ1n) is 3.88. The van der Waals surface area contributed by atoms with Crippen LogP contribution >= 0.6 is 0 Å². The predicted molar refractivity (Wildman–Crippen MR) is 47.6 cm³/mol. The molecule has 2 N–H and O–H groups in total. The highest BCUT2D eigenvalue weighted by atomic mass is 16.5. The molecule has 0 heterocycles. The van der Waals surface area contributed by atoms with E-state index in [9.17, 15) is 0 Å². The topological polar surface area (TPSA) is 32.3 Å². The fraction of sp³-hybridized carbons (Fsp3) is 0.556. The third-order valence-corrected chi connectivity index (χ3v) is 1.39. The van der Waals surface area contributed by atoms with E-state index in [-0.39, 0.29) is 6.04 Å². The van der Waals surface area contributed by atoms with E-state index >= 15 is 0 Å². The highest BCUT2D eigenvalue weighted by molar-refractivity contribution is 5.10. The smallest absolute Gasteiger partial charge is 0.0294 e. The van der Waals surface area contributed by atoms with Gasteiger partial charge >= 0.3 is 0 Å². The first kappa shape index (κ1) is 10.4. The molecule has 2 nitrogen and oxygen atoms in total. The molecule has 0 aromatic rings.